The van der Waals surface area contributed by atoms with Gasteiger partial charge >= 0.3 is 17.9 Å². The van der Waals surface area contributed by atoms with Gasteiger partial charge in [-0.15, -0.1) is 0 Å². The summed E-state index contributed by atoms with van der Waals surface area (Å²) in [5.41, 5.74) is 5.99. The van der Waals surface area contributed by atoms with Crippen molar-refractivity contribution in [2.24, 2.45) is 65.1 Å². The summed E-state index contributed by atoms with van der Waals surface area (Å²) in [6, 6.07) is 18.0. The summed E-state index contributed by atoms with van der Waals surface area (Å²) in [6.45, 7) is 33.0. The molecule has 9 rings (SSSR count). The highest BCUT2D eigenvalue weighted by Gasteiger charge is 2.48. The summed E-state index contributed by atoms with van der Waals surface area (Å²) >= 11 is 0. The predicted molar refractivity (Wildman–Crippen MR) is 471 cm³/mol. The normalized spacial score (nSPS) is 23.7. The number of ether oxygens (including phenoxy) is 6. The summed E-state index contributed by atoms with van der Waals surface area (Å²) in [5, 5.41) is 72.8. The third-order valence-electron chi connectivity index (χ3n) is 25.6. The number of amides is 3. The van der Waals surface area contributed by atoms with E-state index in [1.165, 1.54) is 16.7 Å². The lowest BCUT2D eigenvalue weighted by Crippen LogP contribution is -2.43. The molecule has 6 aliphatic carbocycles. The first-order valence-corrected chi connectivity index (χ1v) is 46.5. The maximum Gasteiger partial charge on any atom is 0.344 e. The lowest BCUT2D eigenvalue weighted by molar-refractivity contribution is -0.156. The average molecular weight is 1680 g/mol. The van der Waals surface area contributed by atoms with E-state index in [9.17, 15) is 59.4 Å². The molecule has 0 heterocycles. The summed E-state index contributed by atoms with van der Waals surface area (Å²) < 4.78 is 34.9. The largest absolute Gasteiger partial charge is 0.482 e. The van der Waals surface area contributed by atoms with Crippen molar-refractivity contribution in [2.75, 3.05) is 19.8 Å². The van der Waals surface area contributed by atoms with Crippen LogP contribution in [0.25, 0.3) is 0 Å². The second kappa shape index (κ2) is 48.8. The Bertz CT molecular complexity index is 3630. The Labute approximate surface area is 720 Å². The van der Waals surface area contributed by atoms with Crippen LogP contribution in [0.2, 0.25) is 0 Å². The standard InChI is InChI=1S/C34H55NO6.C33H53NO6.C32H51NO6/c1-7-8-9-12-25(36)14-15-27-28-17-23-11-10-13-31(29(23)18-24(28)19-30(27)37)40-21-33(39)41-26(16-22(2)3)20-32(38)35-34(4,5)6;1-7-8-9-12-24(35)14-15-25-26-16-22-11-10-13-29(27(22)17-23(26)18-28(25)36)39-20-32(38)40-30(21(2)3)19-31(37)34-33(4,5)6;1-6-8-9-12-23(34)14-15-25-26-16-21-11-10-13-29(27(21)17-22(26)18-28(25)35)38-20-31(37)39-24(7-2)19-30(36)33-32(3,4)5/h10-11,13,22,24-28,30,36-37H,7-9,12,14-21H2,1-6H3,(H,35,38);10-11,13,21,23-26,28,30,35-36H,7-9,12,14-20H2,1-6H3,(H,34,37);10-11,13,22-26,28,34-35H,6-9,12,14-20H2,1-5H3,(H,33,36)/t24-,25-,26?,27+,28-,30+;23-,24-,25+,26-,28+,30?;22-,23-,24?,25+,26-,28+/m000/s1. The second-order valence-electron chi connectivity index (χ2n) is 40.2. The highest BCUT2D eigenvalue weighted by atomic mass is 16.6. The molecule has 0 radical (unpaired) electrons. The number of aliphatic hydroxyl groups is 6. The maximum atomic E-state index is 12.8. The van der Waals surface area contributed by atoms with Crippen LogP contribution in [0.4, 0.5) is 0 Å². The van der Waals surface area contributed by atoms with Gasteiger partial charge in [0, 0.05) is 16.6 Å². The van der Waals surface area contributed by atoms with Gasteiger partial charge in [-0.2, -0.15) is 0 Å². The molecule has 3 aromatic rings. The monoisotopic (exact) mass is 1680 g/mol. The van der Waals surface area contributed by atoms with E-state index >= 15 is 0 Å². The molecule has 9 N–H and O–H groups in total. The Morgan fingerprint density at radius 2 is 0.717 bits per heavy atom. The minimum Gasteiger partial charge on any atom is -0.482 e. The number of carbonyl (C=O) groups excluding carboxylic acids is 6. The van der Waals surface area contributed by atoms with E-state index in [0.29, 0.717) is 65.6 Å². The first-order chi connectivity index (χ1) is 56.7. The van der Waals surface area contributed by atoms with Crippen molar-refractivity contribution >= 4 is 35.6 Å². The van der Waals surface area contributed by atoms with E-state index in [-0.39, 0.29) is 140 Å². The zero-order valence-corrected chi connectivity index (χ0v) is 76.6. The van der Waals surface area contributed by atoms with Crippen LogP contribution in [0.15, 0.2) is 54.6 Å². The molecule has 0 spiro atoms. The van der Waals surface area contributed by atoms with Gasteiger partial charge < -0.3 is 75.0 Å². The van der Waals surface area contributed by atoms with Gasteiger partial charge in [0.05, 0.1) is 55.9 Å². The Morgan fingerprint density at radius 3 is 1.02 bits per heavy atom. The van der Waals surface area contributed by atoms with Crippen LogP contribution in [0.1, 0.15) is 318 Å². The fraction of sp³-hybridized carbons (Fsp3) is 0.758. The molecule has 3 amide bonds. The number of rotatable bonds is 43. The van der Waals surface area contributed by atoms with Gasteiger partial charge in [0.15, 0.2) is 19.8 Å². The van der Waals surface area contributed by atoms with E-state index in [1.54, 1.807) is 0 Å². The number of unbranched alkanes of at least 4 members (excludes halogenated alkanes) is 6. The average Bonchev–Trinajstić information content (AvgIpc) is 1.62. The molecule has 0 aromatic heterocycles. The number of esters is 3. The van der Waals surface area contributed by atoms with Crippen LogP contribution in [-0.4, -0.2) is 158 Å². The van der Waals surface area contributed by atoms with Crippen molar-refractivity contribution in [3.8, 4) is 17.2 Å². The number of benzene rings is 3. The second-order valence-corrected chi connectivity index (χ2v) is 40.2. The predicted octanol–water partition coefficient (Wildman–Crippen LogP) is 16.3. The number of nitrogens with one attached hydrogen (secondary N) is 3. The highest BCUT2D eigenvalue weighted by Crippen LogP contribution is 2.52. The quantitative estimate of drug-likeness (QED) is 0.0144. The molecule has 0 saturated heterocycles. The van der Waals surface area contributed by atoms with Gasteiger partial charge in [-0.1, -0.05) is 150 Å². The van der Waals surface area contributed by atoms with Crippen molar-refractivity contribution in [3.05, 3.63) is 88.0 Å². The number of fused-ring (bicyclic) bond motifs is 6. The molecule has 0 aliphatic heterocycles. The molecule has 18 atom stereocenters. The Balaban J connectivity index is 0.000000248. The number of hydrogen-bond donors (Lipinski definition) is 9. The van der Waals surface area contributed by atoms with E-state index in [2.05, 4.69) is 54.9 Å². The van der Waals surface area contributed by atoms with E-state index in [1.807, 2.05) is 133 Å². The van der Waals surface area contributed by atoms with Crippen LogP contribution in [-0.2, 0) is 81.5 Å². The van der Waals surface area contributed by atoms with Gasteiger partial charge in [0.2, 0.25) is 17.7 Å². The van der Waals surface area contributed by atoms with Crippen LogP contribution in [0.5, 0.6) is 17.2 Å². The van der Waals surface area contributed by atoms with Crippen LogP contribution >= 0.6 is 0 Å². The van der Waals surface area contributed by atoms with Crippen molar-refractivity contribution < 1.29 is 87.8 Å². The smallest absolute Gasteiger partial charge is 0.344 e. The topological polar surface area (TPSA) is 315 Å². The van der Waals surface area contributed by atoms with Crippen LogP contribution in [0.3, 0.4) is 0 Å². The minimum atomic E-state index is -0.522. The number of carbonyl (C=O) groups is 6. The van der Waals surface area contributed by atoms with Crippen molar-refractivity contribution in [2.45, 2.75) is 395 Å². The molecule has 3 unspecified atom stereocenters. The van der Waals surface area contributed by atoms with Gasteiger partial charge in [-0.05, 0) is 307 Å². The zero-order valence-electron chi connectivity index (χ0n) is 76.6. The molecular formula is C99H159N3O18. The van der Waals surface area contributed by atoms with Crippen LogP contribution < -0.4 is 30.2 Å². The van der Waals surface area contributed by atoms with Gasteiger partial charge in [-0.3, -0.25) is 14.4 Å². The molecule has 21 nitrogen and oxygen atoms in total. The van der Waals surface area contributed by atoms with Crippen molar-refractivity contribution in [3.63, 3.8) is 0 Å². The van der Waals surface area contributed by atoms with E-state index in [0.717, 1.165) is 190 Å². The van der Waals surface area contributed by atoms with Crippen molar-refractivity contribution in [1.29, 1.82) is 0 Å². The summed E-state index contributed by atoms with van der Waals surface area (Å²) in [5.74, 6) is 3.46. The molecule has 3 fully saturated rings. The molecular weight excluding hydrogens is 1520 g/mol. The Hall–Kier alpha value is -6.36. The van der Waals surface area contributed by atoms with Crippen molar-refractivity contribution in [1.82, 2.24) is 16.0 Å². The first kappa shape index (κ1) is 101. The molecule has 0 bridgehead atoms. The molecule has 21 heteroatoms. The summed E-state index contributed by atoms with van der Waals surface area (Å²) in [7, 11) is 0. The fourth-order valence-corrected chi connectivity index (χ4v) is 19.7. The molecule has 120 heavy (non-hydrogen) atoms. The fourth-order valence-electron chi connectivity index (χ4n) is 19.7. The molecule has 3 aromatic carbocycles. The third kappa shape index (κ3) is 33.6. The third-order valence-corrected chi connectivity index (χ3v) is 25.6. The van der Waals surface area contributed by atoms with E-state index < -0.39 is 36.2 Å². The Morgan fingerprint density at radius 1 is 0.408 bits per heavy atom. The highest BCUT2D eigenvalue weighted by molar-refractivity contribution is 5.79. The lowest BCUT2D eigenvalue weighted by atomic mass is 9.73. The van der Waals surface area contributed by atoms with Gasteiger partial charge in [-0.25, -0.2) is 14.4 Å². The number of hydrogen-bond acceptors (Lipinski definition) is 18. The lowest BCUT2D eigenvalue weighted by Gasteiger charge is -2.32. The van der Waals surface area contributed by atoms with Crippen LogP contribution in [0, 0.1) is 65.1 Å². The van der Waals surface area contributed by atoms with E-state index in [4.69, 9.17) is 28.4 Å². The van der Waals surface area contributed by atoms with Gasteiger partial charge in [0.25, 0.3) is 0 Å². The first-order valence-electron chi connectivity index (χ1n) is 46.5. The molecule has 6 aliphatic rings. The summed E-state index contributed by atoms with van der Waals surface area (Å²) in [6.07, 6.45) is 23.1. The summed E-state index contributed by atoms with van der Waals surface area (Å²) in [4.78, 5) is 75.2. The maximum absolute atomic E-state index is 12.8. The minimum absolute atomic E-state index is 0.00437. The Kier molecular flexibility index (Phi) is 41.0. The van der Waals surface area contributed by atoms with Gasteiger partial charge in [0.1, 0.15) is 35.6 Å². The zero-order chi connectivity index (χ0) is 88.2. The number of aliphatic hydroxyl groups excluding tert-OH is 6. The SMILES string of the molecule is CCCCC[C@H](O)CC[C@@H]1[C@H]2Cc3cccc(OCC(=O)OC(CC(=O)NC(C)(C)C)C(C)C)c3C[C@H]2C[C@H]1O.CCCCC[C@H](O)CC[C@@H]1[C@H]2Cc3cccc(OCC(=O)OC(CC(=O)NC(C)(C)C)CC(C)C)c3C[C@H]2C[C@H]1O.CCCCC[C@H](O)CC[C@@H]1[C@H]2Cc3cccc(OCC(=O)OC(CC)CC(=O)NC(C)(C)C)c3C[C@H]2C[C@H]1O. The molecule has 3 saturated carbocycles. The molecule has 678 valence electrons.